The Morgan fingerprint density at radius 1 is 1.12 bits per heavy atom. The summed E-state index contributed by atoms with van der Waals surface area (Å²) in [5, 5.41) is 3.61. The number of nitrogens with one attached hydrogen (secondary N) is 1. The number of hydrogen-bond donors (Lipinski definition) is 1. The Balaban J connectivity index is 2.12. The average molecular weight is 325 g/mol. The van der Waals surface area contributed by atoms with Crippen molar-refractivity contribution in [3.05, 3.63) is 59.7 Å². The molecule has 1 aliphatic rings. The second kappa shape index (κ2) is 6.19. The number of methoxy groups -OCH3 is 1. The zero-order chi connectivity index (χ0) is 17.3. The SMILES string of the molecule is COc1ccc2c(c1)[C@@H](OC(C)=O)C(C)(C)[C@H](c1ccccc1)N2. The van der Waals surface area contributed by atoms with Gasteiger partial charge >= 0.3 is 5.97 Å². The molecule has 0 radical (unpaired) electrons. The van der Waals surface area contributed by atoms with Crippen LogP contribution >= 0.6 is 0 Å². The van der Waals surface area contributed by atoms with E-state index in [9.17, 15) is 4.79 Å². The van der Waals surface area contributed by atoms with Gasteiger partial charge in [0.15, 0.2) is 0 Å². The molecule has 24 heavy (non-hydrogen) atoms. The third kappa shape index (κ3) is 2.84. The van der Waals surface area contributed by atoms with E-state index < -0.39 is 0 Å². The number of ether oxygens (including phenoxy) is 2. The molecule has 1 N–H and O–H groups in total. The quantitative estimate of drug-likeness (QED) is 0.845. The normalized spacial score (nSPS) is 21.3. The number of rotatable bonds is 3. The molecule has 1 heterocycles. The van der Waals surface area contributed by atoms with Crippen LogP contribution < -0.4 is 10.1 Å². The Morgan fingerprint density at radius 2 is 1.83 bits per heavy atom. The van der Waals surface area contributed by atoms with Gasteiger partial charge in [0.25, 0.3) is 0 Å². The Morgan fingerprint density at radius 3 is 2.46 bits per heavy atom. The zero-order valence-corrected chi connectivity index (χ0v) is 14.5. The molecule has 2 aromatic carbocycles. The lowest BCUT2D eigenvalue weighted by atomic mass is 9.70. The van der Waals surface area contributed by atoms with Crippen LogP contribution in [0.1, 0.15) is 44.0 Å². The van der Waals surface area contributed by atoms with Gasteiger partial charge in [0.1, 0.15) is 11.9 Å². The van der Waals surface area contributed by atoms with Crippen molar-refractivity contribution in [2.24, 2.45) is 5.41 Å². The molecule has 126 valence electrons. The first-order valence-corrected chi connectivity index (χ1v) is 8.10. The largest absolute Gasteiger partial charge is 0.497 e. The summed E-state index contributed by atoms with van der Waals surface area (Å²) in [6.45, 7) is 5.69. The minimum atomic E-state index is -0.355. The molecular formula is C20H23NO3. The highest BCUT2D eigenvalue weighted by Gasteiger charge is 2.46. The molecule has 3 rings (SSSR count). The summed E-state index contributed by atoms with van der Waals surface area (Å²) in [5.74, 6) is 0.470. The van der Waals surface area contributed by atoms with Crippen molar-refractivity contribution in [3.8, 4) is 5.75 Å². The van der Waals surface area contributed by atoms with Crippen molar-refractivity contribution >= 4 is 11.7 Å². The van der Waals surface area contributed by atoms with E-state index in [-0.39, 0.29) is 23.5 Å². The predicted molar refractivity (Wildman–Crippen MR) is 94.1 cm³/mol. The van der Waals surface area contributed by atoms with Crippen LogP contribution in [0.2, 0.25) is 0 Å². The van der Waals surface area contributed by atoms with E-state index >= 15 is 0 Å². The van der Waals surface area contributed by atoms with E-state index in [1.54, 1.807) is 7.11 Å². The molecule has 0 spiro atoms. The van der Waals surface area contributed by atoms with E-state index in [4.69, 9.17) is 9.47 Å². The molecule has 0 saturated heterocycles. The second-order valence-corrected chi connectivity index (χ2v) is 6.75. The van der Waals surface area contributed by atoms with E-state index in [2.05, 4.69) is 31.3 Å². The van der Waals surface area contributed by atoms with Crippen molar-refractivity contribution in [1.29, 1.82) is 0 Å². The maximum absolute atomic E-state index is 11.7. The van der Waals surface area contributed by atoms with Crippen LogP contribution in [0.25, 0.3) is 0 Å². The van der Waals surface area contributed by atoms with Crippen molar-refractivity contribution in [3.63, 3.8) is 0 Å². The lowest BCUT2D eigenvalue weighted by Gasteiger charge is -2.46. The second-order valence-electron chi connectivity index (χ2n) is 6.75. The molecule has 0 saturated carbocycles. The van der Waals surface area contributed by atoms with E-state index in [0.29, 0.717) is 0 Å². The van der Waals surface area contributed by atoms with Gasteiger partial charge in [0, 0.05) is 23.6 Å². The highest BCUT2D eigenvalue weighted by molar-refractivity contribution is 5.68. The first-order valence-electron chi connectivity index (χ1n) is 8.10. The molecule has 0 aliphatic carbocycles. The predicted octanol–water partition coefficient (Wildman–Crippen LogP) is 4.49. The van der Waals surface area contributed by atoms with Gasteiger partial charge in [-0.05, 0) is 23.8 Å². The van der Waals surface area contributed by atoms with Gasteiger partial charge in [-0.25, -0.2) is 0 Å². The number of esters is 1. The summed E-state index contributed by atoms with van der Waals surface area (Å²) in [6.07, 6.45) is -0.355. The molecule has 0 amide bonds. The fraction of sp³-hybridized carbons (Fsp3) is 0.350. The number of benzene rings is 2. The Kier molecular flexibility index (Phi) is 4.22. The van der Waals surface area contributed by atoms with Crippen molar-refractivity contribution in [2.75, 3.05) is 12.4 Å². The van der Waals surface area contributed by atoms with Crippen LogP contribution in [0.4, 0.5) is 5.69 Å². The average Bonchev–Trinajstić information content (AvgIpc) is 2.57. The summed E-state index contributed by atoms with van der Waals surface area (Å²) in [5.41, 5.74) is 2.75. The highest BCUT2D eigenvalue weighted by atomic mass is 16.5. The molecule has 0 aromatic heterocycles. The summed E-state index contributed by atoms with van der Waals surface area (Å²) >= 11 is 0. The fourth-order valence-corrected chi connectivity index (χ4v) is 3.45. The topological polar surface area (TPSA) is 47.6 Å². The molecule has 4 nitrogen and oxygen atoms in total. The van der Waals surface area contributed by atoms with Gasteiger partial charge in [-0.15, -0.1) is 0 Å². The summed E-state index contributed by atoms with van der Waals surface area (Å²) in [4.78, 5) is 11.7. The third-order valence-corrected chi connectivity index (χ3v) is 4.68. The van der Waals surface area contributed by atoms with Gasteiger partial charge in [-0.1, -0.05) is 44.2 Å². The Bertz CT molecular complexity index is 740. The number of anilines is 1. The minimum absolute atomic E-state index is 0.0314. The lowest BCUT2D eigenvalue weighted by molar-refractivity contribution is -0.154. The molecule has 1 aliphatic heterocycles. The van der Waals surface area contributed by atoms with Crippen LogP contribution in [-0.2, 0) is 9.53 Å². The fourth-order valence-electron chi connectivity index (χ4n) is 3.45. The van der Waals surface area contributed by atoms with Crippen molar-refractivity contribution < 1.29 is 14.3 Å². The lowest BCUT2D eigenvalue weighted by Crippen LogP contribution is -2.40. The standard InChI is InChI=1S/C20H23NO3/c1-13(22)24-19-16-12-15(23-4)10-11-17(16)21-18(20(19,2)3)14-8-6-5-7-9-14/h5-12,18-19,21H,1-4H3/t18-,19+/m0/s1. The van der Waals surface area contributed by atoms with Gasteiger partial charge in [0.2, 0.25) is 0 Å². The van der Waals surface area contributed by atoms with E-state index in [1.807, 2.05) is 36.4 Å². The maximum Gasteiger partial charge on any atom is 0.303 e. The summed E-state index contributed by atoms with van der Waals surface area (Å²) in [7, 11) is 1.64. The first-order chi connectivity index (χ1) is 11.4. The number of hydrogen-bond acceptors (Lipinski definition) is 4. The molecule has 2 aromatic rings. The molecule has 4 heteroatoms. The van der Waals surface area contributed by atoms with Crippen molar-refractivity contribution in [2.45, 2.75) is 32.9 Å². The zero-order valence-electron chi connectivity index (χ0n) is 14.5. The molecule has 0 unspecified atom stereocenters. The molecule has 0 fully saturated rings. The minimum Gasteiger partial charge on any atom is -0.497 e. The monoisotopic (exact) mass is 325 g/mol. The number of fused-ring (bicyclic) bond motifs is 1. The number of carbonyl (C=O) groups excluding carboxylic acids is 1. The maximum atomic E-state index is 11.7. The van der Waals surface area contributed by atoms with Gasteiger partial charge in [-0.2, -0.15) is 0 Å². The van der Waals surface area contributed by atoms with Gasteiger partial charge < -0.3 is 14.8 Å². The van der Waals surface area contributed by atoms with Crippen LogP contribution in [0.3, 0.4) is 0 Å². The van der Waals surface area contributed by atoms with Crippen LogP contribution in [0.15, 0.2) is 48.5 Å². The summed E-state index contributed by atoms with van der Waals surface area (Å²) < 4.78 is 11.1. The molecule has 0 bridgehead atoms. The van der Waals surface area contributed by atoms with E-state index in [1.165, 1.54) is 12.5 Å². The summed E-state index contributed by atoms with van der Waals surface area (Å²) in [6, 6.07) is 16.1. The third-order valence-electron chi connectivity index (χ3n) is 4.68. The van der Waals surface area contributed by atoms with Gasteiger partial charge in [0.05, 0.1) is 13.2 Å². The smallest absolute Gasteiger partial charge is 0.303 e. The number of carbonyl (C=O) groups is 1. The van der Waals surface area contributed by atoms with Crippen LogP contribution in [0, 0.1) is 5.41 Å². The van der Waals surface area contributed by atoms with Gasteiger partial charge in [-0.3, -0.25) is 4.79 Å². The Hall–Kier alpha value is -2.49. The Labute approximate surface area is 142 Å². The molecule has 2 atom stereocenters. The van der Waals surface area contributed by atoms with Crippen molar-refractivity contribution in [1.82, 2.24) is 0 Å². The first kappa shape index (κ1) is 16.4. The highest BCUT2D eigenvalue weighted by Crippen LogP contribution is 2.53. The van der Waals surface area contributed by atoms with E-state index in [0.717, 1.165) is 17.0 Å². The van der Waals surface area contributed by atoms with Crippen LogP contribution in [-0.4, -0.2) is 13.1 Å². The molecular weight excluding hydrogens is 302 g/mol. The van der Waals surface area contributed by atoms with Crippen LogP contribution in [0.5, 0.6) is 5.75 Å².